The standard InChI is InChI=1S/C18H18O5/c1-20-15-6-5-12(9-14(15)19)3-4-13-10-16(21-2)18-17(11-13)22-7-8-23-18/h3-6,9-11,19H,7-8H2,1-2H3/b4-3+. The van der Waals surface area contributed by atoms with E-state index in [1.54, 1.807) is 19.2 Å². The van der Waals surface area contributed by atoms with Gasteiger partial charge in [-0.25, -0.2) is 0 Å². The average Bonchev–Trinajstić information content (AvgIpc) is 2.59. The van der Waals surface area contributed by atoms with E-state index >= 15 is 0 Å². The third kappa shape index (κ3) is 3.18. The molecule has 2 aromatic carbocycles. The van der Waals surface area contributed by atoms with Crippen molar-refractivity contribution in [3.63, 3.8) is 0 Å². The highest BCUT2D eigenvalue weighted by Crippen LogP contribution is 2.40. The number of phenolic OH excluding ortho intramolecular Hbond substituents is 1. The Morgan fingerprint density at radius 1 is 0.913 bits per heavy atom. The van der Waals surface area contributed by atoms with Crippen LogP contribution in [0.3, 0.4) is 0 Å². The summed E-state index contributed by atoms with van der Waals surface area (Å²) in [4.78, 5) is 0. The maximum atomic E-state index is 9.81. The fraction of sp³-hybridized carbons (Fsp3) is 0.222. The van der Waals surface area contributed by atoms with E-state index in [1.807, 2.05) is 30.4 Å². The van der Waals surface area contributed by atoms with Crippen molar-refractivity contribution in [2.24, 2.45) is 0 Å². The number of rotatable bonds is 4. The SMILES string of the molecule is COc1ccc(/C=C/c2cc(OC)c3c(c2)OCCO3)cc1O. The third-order valence-electron chi connectivity index (χ3n) is 3.52. The summed E-state index contributed by atoms with van der Waals surface area (Å²) in [6.07, 6.45) is 3.81. The van der Waals surface area contributed by atoms with Gasteiger partial charge in [0.05, 0.1) is 14.2 Å². The van der Waals surface area contributed by atoms with Crippen LogP contribution in [0.4, 0.5) is 0 Å². The van der Waals surface area contributed by atoms with Crippen LogP contribution in [0.15, 0.2) is 30.3 Å². The molecule has 0 aliphatic carbocycles. The van der Waals surface area contributed by atoms with Gasteiger partial charge in [0.25, 0.3) is 0 Å². The molecule has 0 radical (unpaired) electrons. The van der Waals surface area contributed by atoms with Crippen molar-refractivity contribution >= 4 is 12.2 Å². The van der Waals surface area contributed by atoms with E-state index in [0.717, 1.165) is 11.1 Å². The number of phenols is 1. The summed E-state index contributed by atoms with van der Waals surface area (Å²) in [5, 5.41) is 9.81. The Morgan fingerprint density at radius 3 is 2.39 bits per heavy atom. The van der Waals surface area contributed by atoms with Crippen LogP contribution in [0, 0.1) is 0 Å². The van der Waals surface area contributed by atoms with Crippen molar-refractivity contribution in [3.05, 3.63) is 41.5 Å². The van der Waals surface area contributed by atoms with Crippen LogP contribution < -0.4 is 18.9 Å². The Morgan fingerprint density at radius 2 is 1.65 bits per heavy atom. The van der Waals surface area contributed by atoms with Gasteiger partial charge in [-0.2, -0.15) is 0 Å². The Labute approximate surface area is 134 Å². The number of hydrogen-bond acceptors (Lipinski definition) is 5. The zero-order chi connectivity index (χ0) is 16.2. The molecule has 0 saturated carbocycles. The number of methoxy groups -OCH3 is 2. The van der Waals surface area contributed by atoms with Gasteiger partial charge in [0, 0.05) is 0 Å². The summed E-state index contributed by atoms with van der Waals surface area (Å²) in [5.41, 5.74) is 1.78. The van der Waals surface area contributed by atoms with E-state index < -0.39 is 0 Å². The summed E-state index contributed by atoms with van der Waals surface area (Å²) < 4.78 is 21.6. The first-order valence-corrected chi connectivity index (χ1v) is 7.24. The highest BCUT2D eigenvalue weighted by atomic mass is 16.6. The molecule has 0 unspecified atom stereocenters. The smallest absolute Gasteiger partial charge is 0.203 e. The summed E-state index contributed by atoms with van der Waals surface area (Å²) in [7, 11) is 3.12. The average molecular weight is 314 g/mol. The lowest BCUT2D eigenvalue weighted by molar-refractivity contribution is 0.165. The summed E-state index contributed by atoms with van der Waals surface area (Å²) >= 11 is 0. The monoisotopic (exact) mass is 314 g/mol. The predicted molar refractivity (Wildman–Crippen MR) is 87.6 cm³/mol. The molecule has 2 aromatic rings. The Hall–Kier alpha value is -2.82. The van der Waals surface area contributed by atoms with Gasteiger partial charge in [-0.3, -0.25) is 0 Å². The van der Waals surface area contributed by atoms with Crippen LogP contribution in [-0.4, -0.2) is 32.5 Å². The topological polar surface area (TPSA) is 57.2 Å². The second-order valence-electron chi connectivity index (χ2n) is 5.01. The molecule has 3 rings (SSSR count). The van der Waals surface area contributed by atoms with Crippen LogP contribution in [0.5, 0.6) is 28.7 Å². The molecule has 23 heavy (non-hydrogen) atoms. The molecule has 0 bridgehead atoms. The first-order valence-electron chi connectivity index (χ1n) is 7.24. The Kier molecular flexibility index (Phi) is 4.28. The molecule has 5 nitrogen and oxygen atoms in total. The van der Waals surface area contributed by atoms with Gasteiger partial charge < -0.3 is 24.1 Å². The molecule has 5 heteroatoms. The molecule has 0 aromatic heterocycles. The van der Waals surface area contributed by atoms with Crippen molar-refractivity contribution in [2.75, 3.05) is 27.4 Å². The maximum Gasteiger partial charge on any atom is 0.203 e. The number of fused-ring (bicyclic) bond motifs is 1. The number of ether oxygens (including phenoxy) is 4. The molecular formula is C18H18O5. The Bertz CT molecular complexity index is 719. The predicted octanol–water partition coefficient (Wildman–Crippen LogP) is 3.35. The molecule has 0 fully saturated rings. The number of benzene rings is 2. The minimum absolute atomic E-state index is 0.106. The van der Waals surface area contributed by atoms with Crippen LogP contribution in [0.2, 0.25) is 0 Å². The highest BCUT2D eigenvalue weighted by molar-refractivity contribution is 5.73. The molecule has 120 valence electrons. The molecule has 0 amide bonds. The molecule has 1 aliphatic heterocycles. The second-order valence-corrected chi connectivity index (χ2v) is 5.01. The van der Waals surface area contributed by atoms with Crippen molar-refractivity contribution < 1.29 is 24.1 Å². The van der Waals surface area contributed by atoms with E-state index in [2.05, 4.69) is 0 Å². The van der Waals surface area contributed by atoms with E-state index in [1.165, 1.54) is 7.11 Å². The maximum absolute atomic E-state index is 9.81. The van der Waals surface area contributed by atoms with Gasteiger partial charge in [-0.05, 0) is 35.4 Å². The molecule has 0 spiro atoms. The minimum Gasteiger partial charge on any atom is -0.504 e. The van der Waals surface area contributed by atoms with Gasteiger partial charge in [-0.15, -0.1) is 0 Å². The minimum atomic E-state index is 0.106. The van der Waals surface area contributed by atoms with E-state index in [9.17, 15) is 5.11 Å². The van der Waals surface area contributed by atoms with E-state index in [0.29, 0.717) is 36.2 Å². The van der Waals surface area contributed by atoms with Gasteiger partial charge >= 0.3 is 0 Å². The fourth-order valence-corrected chi connectivity index (χ4v) is 2.39. The molecule has 1 heterocycles. The number of hydrogen-bond donors (Lipinski definition) is 1. The third-order valence-corrected chi connectivity index (χ3v) is 3.52. The first-order chi connectivity index (χ1) is 11.2. The van der Waals surface area contributed by atoms with E-state index in [-0.39, 0.29) is 5.75 Å². The summed E-state index contributed by atoms with van der Waals surface area (Å²) in [6.45, 7) is 1.04. The zero-order valence-electron chi connectivity index (χ0n) is 13.0. The van der Waals surface area contributed by atoms with Gasteiger partial charge in [-0.1, -0.05) is 18.2 Å². The highest BCUT2D eigenvalue weighted by Gasteiger charge is 2.17. The van der Waals surface area contributed by atoms with Crippen LogP contribution in [-0.2, 0) is 0 Å². The van der Waals surface area contributed by atoms with Gasteiger partial charge in [0.2, 0.25) is 5.75 Å². The second kappa shape index (κ2) is 6.52. The number of aromatic hydroxyl groups is 1. The van der Waals surface area contributed by atoms with Crippen molar-refractivity contribution in [1.82, 2.24) is 0 Å². The first kappa shape index (κ1) is 15.1. The quantitative estimate of drug-likeness (QED) is 0.877. The lowest BCUT2D eigenvalue weighted by Gasteiger charge is -2.20. The molecule has 1 N–H and O–H groups in total. The van der Waals surface area contributed by atoms with Crippen molar-refractivity contribution in [2.45, 2.75) is 0 Å². The molecule has 0 saturated heterocycles. The Balaban J connectivity index is 1.89. The summed E-state index contributed by atoms with van der Waals surface area (Å²) in [5.74, 6) is 2.50. The molecule has 1 aliphatic rings. The van der Waals surface area contributed by atoms with Gasteiger partial charge in [0.1, 0.15) is 13.2 Å². The van der Waals surface area contributed by atoms with E-state index in [4.69, 9.17) is 18.9 Å². The normalized spacial score (nSPS) is 13.1. The van der Waals surface area contributed by atoms with Crippen molar-refractivity contribution in [3.8, 4) is 28.7 Å². The summed E-state index contributed by atoms with van der Waals surface area (Å²) in [6, 6.07) is 9.01. The van der Waals surface area contributed by atoms with Crippen LogP contribution in [0.1, 0.15) is 11.1 Å². The molecule has 0 atom stereocenters. The fourth-order valence-electron chi connectivity index (χ4n) is 2.39. The molecular weight excluding hydrogens is 296 g/mol. The lowest BCUT2D eigenvalue weighted by Crippen LogP contribution is -2.16. The van der Waals surface area contributed by atoms with Gasteiger partial charge in [0.15, 0.2) is 23.0 Å². The van der Waals surface area contributed by atoms with Crippen LogP contribution >= 0.6 is 0 Å². The van der Waals surface area contributed by atoms with Crippen molar-refractivity contribution in [1.29, 1.82) is 0 Å². The largest absolute Gasteiger partial charge is 0.504 e. The van der Waals surface area contributed by atoms with Crippen LogP contribution in [0.25, 0.3) is 12.2 Å². The lowest BCUT2D eigenvalue weighted by atomic mass is 10.1. The zero-order valence-corrected chi connectivity index (χ0v) is 13.0.